The molecule has 0 aromatic carbocycles. The van der Waals surface area contributed by atoms with Gasteiger partial charge in [0.05, 0.1) is 0 Å². The average molecular weight is 297 g/mol. The van der Waals surface area contributed by atoms with Gasteiger partial charge in [-0.3, -0.25) is 4.90 Å². The monoisotopic (exact) mass is 296 g/mol. The minimum Gasteiger partial charge on any atom is -0.313 e. The SMILES string of the molecule is CC1CCC(CNC2CC2)(CN2CCSCC2C)CC1. The van der Waals surface area contributed by atoms with Crippen LogP contribution < -0.4 is 5.32 Å². The highest BCUT2D eigenvalue weighted by molar-refractivity contribution is 7.99. The van der Waals surface area contributed by atoms with Crippen molar-refractivity contribution in [3.63, 3.8) is 0 Å². The van der Waals surface area contributed by atoms with Gasteiger partial charge in [-0.1, -0.05) is 19.8 Å². The second kappa shape index (κ2) is 6.58. The fourth-order valence-corrected chi connectivity index (χ4v) is 4.92. The lowest BCUT2D eigenvalue weighted by molar-refractivity contribution is 0.0731. The summed E-state index contributed by atoms with van der Waals surface area (Å²) in [5, 5.41) is 3.85. The summed E-state index contributed by atoms with van der Waals surface area (Å²) in [6, 6.07) is 1.64. The largest absolute Gasteiger partial charge is 0.313 e. The molecule has 1 atom stereocenters. The zero-order valence-corrected chi connectivity index (χ0v) is 14.2. The van der Waals surface area contributed by atoms with E-state index in [9.17, 15) is 0 Å². The predicted octanol–water partition coefficient (Wildman–Crippen LogP) is 3.37. The van der Waals surface area contributed by atoms with Gasteiger partial charge in [0.1, 0.15) is 0 Å². The molecule has 1 unspecified atom stereocenters. The lowest BCUT2D eigenvalue weighted by Crippen LogP contribution is -2.51. The molecule has 0 spiro atoms. The molecule has 3 heteroatoms. The molecule has 0 amide bonds. The standard InChI is InChI=1S/C17H32N2S/c1-14-5-7-17(8-6-14,12-18-16-3-4-16)13-19-9-10-20-11-15(19)2/h14-16,18H,3-13H2,1-2H3. The molecule has 1 aliphatic heterocycles. The number of hydrogen-bond donors (Lipinski definition) is 1. The van der Waals surface area contributed by atoms with Crippen LogP contribution in [0.1, 0.15) is 52.4 Å². The third-order valence-corrected chi connectivity index (χ3v) is 6.91. The first-order valence-electron chi connectivity index (χ1n) is 8.72. The van der Waals surface area contributed by atoms with Gasteiger partial charge in [0, 0.05) is 43.2 Å². The average Bonchev–Trinajstić information content (AvgIpc) is 3.27. The maximum absolute atomic E-state index is 3.85. The topological polar surface area (TPSA) is 15.3 Å². The molecule has 0 bridgehead atoms. The second-order valence-electron chi connectivity index (χ2n) is 7.73. The van der Waals surface area contributed by atoms with Gasteiger partial charge >= 0.3 is 0 Å². The van der Waals surface area contributed by atoms with Crippen LogP contribution in [-0.4, -0.2) is 48.1 Å². The van der Waals surface area contributed by atoms with E-state index in [1.54, 1.807) is 0 Å². The molecule has 3 aliphatic rings. The van der Waals surface area contributed by atoms with Crippen LogP contribution in [0.15, 0.2) is 0 Å². The molecule has 0 radical (unpaired) electrons. The first-order valence-corrected chi connectivity index (χ1v) is 9.88. The Hall–Kier alpha value is 0.270. The Balaban J connectivity index is 1.60. The molecule has 2 nitrogen and oxygen atoms in total. The molecule has 3 fully saturated rings. The lowest BCUT2D eigenvalue weighted by atomic mass is 9.70. The van der Waals surface area contributed by atoms with Gasteiger partial charge in [0.25, 0.3) is 0 Å². The maximum atomic E-state index is 3.85. The van der Waals surface area contributed by atoms with Crippen molar-refractivity contribution in [3.8, 4) is 0 Å². The number of nitrogens with one attached hydrogen (secondary N) is 1. The Morgan fingerprint density at radius 2 is 1.90 bits per heavy atom. The van der Waals surface area contributed by atoms with Crippen molar-refractivity contribution < 1.29 is 0 Å². The third-order valence-electron chi connectivity index (χ3n) is 5.72. The van der Waals surface area contributed by atoms with E-state index >= 15 is 0 Å². The van der Waals surface area contributed by atoms with Crippen molar-refractivity contribution in [1.29, 1.82) is 0 Å². The summed E-state index contributed by atoms with van der Waals surface area (Å²) in [6.07, 6.45) is 8.63. The van der Waals surface area contributed by atoms with Crippen molar-refractivity contribution in [2.75, 3.05) is 31.1 Å². The molecule has 0 aromatic rings. The summed E-state index contributed by atoms with van der Waals surface area (Å²) in [7, 11) is 0. The van der Waals surface area contributed by atoms with Crippen LogP contribution >= 0.6 is 11.8 Å². The van der Waals surface area contributed by atoms with Gasteiger partial charge in [-0.05, 0) is 43.9 Å². The Labute approximate surface area is 129 Å². The van der Waals surface area contributed by atoms with Crippen LogP contribution in [0.25, 0.3) is 0 Å². The van der Waals surface area contributed by atoms with Crippen LogP contribution in [-0.2, 0) is 0 Å². The number of thioether (sulfide) groups is 1. The van der Waals surface area contributed by atoms with Gasteiger partial charge in [-0.15, -0.1) is 0 Å². The molecular formula is C17H32N2S. The maximum Gasteiger partial charge on any atom is 0.0158 e. The molecule has 116 valence electrons. The summed E-state index contributed by atoms with van der Waals surface area (Å²) >= 11 is 2.14. The smallest absolute Gasteiger partial charge is 0.0158 e. The molecule has 2 saturated carbocycles. The minimum atomic E-state index is 0.575. The van der Waals surface area contributed by atoms with Crippen molar-refractivity contribution in [2.24, 2.45) is 11.3 Å². The highest BCUT2D eigenvalue weighted by Gasteiger charge is 2.38. The molecular weight excluding hydrogens is 264 g/mol. The van der Waals surface area contributed by atoms with E-state index in [1.165, 1.54) is 69.7 Å². The Morgan fingerprint density at radius 1 is 1.15 bits per heavy atom. The molecule has 1 N–H and O–H groups in total. The lowest BCUT2D eigenvalue weighted by Gasteiger charge is -2.45. The van der Waals surface area contributed by atoms with E-state index in [4.69, 9.17) is 0 Å². The zero-order valence-electron chi connectivity index (χ0n) is 13.4. The Morgan fingerprint density at radius 3 is 2.55 bits per heavy atom. The Kier molecular flexibility index (Phi) is 4.99. The van der Waals surface area contributed by atoms with Crippen LogP contribution in [0.5, 0.6) is 0 Å². The van der Waals surface area contributed by atoms with Crippen LogP contribution in [0.3, 0.4) is 0 Å². The fraction of sp³-hybridized carbons (Fsp3) is 1.00. The molecule has 1 heterocycles. The normalized spacial score (nSPS) is 39.9. The number of hydrogen-bond acceptors (Lipinski definition) is 3. The van der Waals surface area contributed by atoms with Gasteiger partial charge in [-0.2, -0.15) is 11.8 Å². The van der Waals surface area contributed by atoms with E-state index in [0.29, 0.717) is 5.41 Å². The Bertz CT molecular complexity index is 308. The van der Waals surface area contributed by atoms with E-state index in [2.05, 4.69) is 35.8 Å². The zero-order chi connectivity index (χ0) is 14.0. The minimum absolute atomic E-state index is 0.575. The van der Waals surface area contributed by atoms with E-state index in [0.717, 1.165) is 18.0 Å². The number of rotatable bonds is 5. The summed E-state index contributed by atoms with van der Waals surface area (Å²) in [6.45, 7) is 8.81. The predicted molar refractivity (Wildman–Crippen MR) is 89.4 cm³/mol. The van der Waals surface area contributed by atoms with Crippen molar-refractivity contribution in [2.45, 2.75) is 64.5 Å². The van der Waals surface area contributed by atoms with E-state index < -0.39 is 0 Å². The van der Waals surface area contributed by atoms with Crippen LogP contribution in [0.4, 0.5) is 0 Å². The molecule has 3 rings (SSSR count). The quantitative estimate of drug-likeness (QED) is 0.837. The molecule has 0 aromatic heterocycles. The molecule has 2 aliphatic carbocycles. The van der Waals surface area contributed by atoms with Crippen LogP contribution in [0.2, 0.25) is 0 Å². The highest BCUT2D eigenvalue weighted by atomic mass is 32.2. The van der Waals surface area contributed by atoms with E-state index in [1.807, 2.05) is 0 Å². The summed E-state index contributed by atoms with van der Waals surface area (Å²) in [5.41, 5.74) is 0.575. The summed E-state index contributed by atoms with van der Waals surface area (Å²) in [4.78, 5) is 2.79. The molecule has 1 saturated heterocycles. The third kappa shape index (κ3) is 3.92. The van der Waals surface area contributed by atoms with Gasteiger partial charge in [-0.25, -0.2) is 0 Å². The van der Waals surface area contributed by atoms with Crippen LogP contribution in [0, 0.1) is 11.3 Å². The van der Waals surface area contributed by atoms with Gasteiger partial charge in [0.2, 0.25) is 0 Å². The van der Waals surface area contributed by atoms with Gasteiger partial charge in [0.15, 0.2) is 0 Å². The number of nitrogens with zero attached hydrogens (tertiary/aromatic N) is 1. The van der Waals surface area contributed by atoms with E-state index in [-0.39, 0.29) is 0 Å². The van der Waals surface area contributed by atoms with Crippen molar-refractivity contribution in [1.82, 2.24) is 10.2 Å². The second-order valence-corrected chi connectivity index (χ2v) is 8.88. The fourth-order valence-electron chi connectivity index (χ4n) is 3.84. The molecule has 20 heavy (non-hydrogen) atoms. The highest BCUT2D eigenvalue weighted by Crippen LogP contribution is 2.40. The van der Waals surface area contributed by atoms with Crippen molar-refractivity contribution in [3.05, 3.63) is 0 Å². The summed E-state index contributed by atoms with van der Waals surface area (Å²) < 4.78 is 0. The van der Waals surface area contributed by atoms with Gasteiger partial charge < -0.3 is 5.32 Å². The van der Waals surface area contributed by atoms with Crippen molar-refractivity contribution >= 4 is 11.8 Å². The first kappa shape index (κ1) is 15.2. The summed E-state index contributed by atoms with van der Waals surface area (Å²) in [5.74, 6) is 3.63. The first-order chi connectivity index (χ1) is 9.67.